The molecular weight excluding hydrogens is 431 g/mol. The number of anilines is 1. The highest BCUT2D eigenvalue weighted by Gasteiger charge is 2.20. The van der Waals surface area contributed by atoms with Gasteiger partial charge in [-0.25, -0.2) is 14.4 Å². The van der Waals surface area contributed by atoms with Gasteiger partial charge >= 0.3 is 0 Å². The predicted molar refractivity (Wildman–Crippen MR) is 123 cm³/mol. The average Bonchev–Trinajstić information content (AvgIpc) is 2.76. The summed E-state index contributed by atoms with van der Waals surface area (Å²) in [7, 11) is 0. The van der Waals surface area contributed by atoms with Crippen LogP contribution in [0.5, 0.6) is 5.75 Å². The van der Waals surface area contributed by atoms with Gasteiger partial charge in [-0.1, -0.05) is 17.7 Å². The van der Waals surface area contributed by atoms with Crippen molar-refractivity contribution >= 4 is 28.2 Å². The maximum atomic E-state index is 14.3. The molecule has 2 heterocycles. The first kappa shape index (κ1) is 21.9. The fourth-order valence-corrected chi connectivity index (χ4v) is 3.65. The number of hydrogen-bond acceptors (Lipinski definition) is 6. The molecule has 0 aliphatic rings. The van der Waals surface area contributed by atoms with E-state index in [0.717, 1.165) is 16.5 Å². The Morgan fingerprint density at radius 2 is 1.72 bits per heavy atom. The molecule has 0 amide bonds. The molecule has 6 nitrogen and oxygen atoms in total. The smallest absolute Gasteiger partial charge is 0.159 e. The van der Waals surface area contributed by atoms with Gasteiger partial charge in [0.25, 0.3) is 0 Å². The van der Waals surface area contributed by atoms with E-state index >= 15 is 0 Å². The van der Waals surface area contributed by atoms with Crippen LogP contribution < -0.4 is 5.32 Å². The van der Waals surface area contributed by atoms with Crippen LogP contribution in [-0.4, -0.2) is 25.2 Å². The fourth-order valence-electron chi connectivity index (χ4n) is 3.44. The Labute approximate surface area is 189 Å². The number of nitrogens with one attached hydrogen (secondary N) is 1. The number of halogens is 2. The van der Waals surface area contributed by atoms with Gasteiger partial charge < -0.3 is 15.5 Å². The molecule has 4 aromatic rings. The summed E-state index contributed by atoms with van der Waals surface area (Å²) in [5.41, 5.74) is 2.09. The Bertz CT molecular complexity index is 1290. The van der Waals surface area contributed by atoms with Crippen LogP contribution in [0.25, 0.3) is 22.0 Å². The van der Waals surface area contributed by atoms with Crippen molar-refractivity contribution in [1.82, 2.24) is 15.0 Å². The number of fused-ring (bicyclic) bond motifs is 1. The van der Waals surface area contributed by atoms with Gasteiger partial charge in [-0.2, -0.15) is 0 Å². The third kappa shape index (κ3) is 4.35. The monoisotopic (exact) mass is 452 g/mol. The van der Waals surface area contributed by atoms with Crippen LogP contribution >= 0.6 is 11.6 Å². The highest BCUT2D eigenvalue weighted by Crippen LogP contribution is 2.35. The molecule has 0 saturated heterocycles. The number of phenolic OH excluding ortho intramolecular Hbond substituents is 1. The van der Waals surface area contributed by atoms with E-state index in [1.165, 1.54) is 18.2 Å². The molecule has 0 fully saturated rings. The number of pyridine rings is 1. The number of phenols is 1. The minimum atomic E-state index is -1.13. The van der Waals surface area contributed by atoms with Crippen molar-refractivity contribution in [2.75, 3.05) is 5.32 Å². The lowest BCUT2D eigenvalue weighted by Gasteiger charge is -2.19. The average molecular weight is 453 g/mol. The lowest BCUT2D eigenvalue weighted by atomic mass is 10.0. The largest absolute Gasteiger partial charge is 0.508 e. The van der Waals surface area contributed by atoms with Gasteiger partial charge in [-0.15, -0.1) is 0 Å². The summed E-state index contributed by atoms with van der Waals surface area (Å²) in [5, 5.41) is 24.2. The molecule has 1 atom stereocenters. The first-order valence-corrected chi connectivity index (χ1v) is 10.4. The van der Waals surface area contributed by atoms with E-state index in [1.54, 1.807) is 39.4 Å². The molecule has 4 rings (SSSR count). The number of aromatic nitrogens is 3. The minimum absolute atomic E-state index is 0.0162. The zero-order chi connectivity index (χ0) is 23.0. The summed E-state index contributed by atoms with van der Waals surface area (Å²) >= 11 is 6.45. The Kier molecular flexibility index (Phi) is 5.71. The Hall–Kier alpha value is -3.29. The van der Waals surface area contributed by atoms with Gasteiger partial charge in [-0.3, -0.25) is 4.98 Å². The zero-order valence-electron chi connectivity index (χ0n) is 17.8. The van der Waals surface area contributed by atoms with Crippen LogP contribution in [0.2, 0.25) is 5.02 Å². The van der Waals surface area contributed by atoms with Gasteiger partial charge in [0.05, 0.1) is 22.3 Å². The van der Waals surface area contributed by atoms with Crippen molar-refractivity contribution in [3.63, 3.8) is 0 Å². The standard InChI is InChI=1S/C24H22ClFN4O2/c1-13(17-9-16(31)5-6-20(17)26)30-22-18-8-14(4-7-21(18)27-12-19(22)25)15-10-28-23(29-11-15)24(2,3)32/h4-13,31-32H,1-3H3,(H,27,30). The summed E-state index contributed by atoms with van der Waals surface area (Å²) < 4.78 is 14.3. The van der Waals surface area contributed by atoms with Crippen LogP contribution in [0.4, 0.5) is 10.1 Å². The molecule has 8 heteroatoms. The van der Waals surface area contributed by atoms with Crippen LogP contribution in [0.3, 0.4) is 0 Å². The van der Waals surface area contributed by atoms with E-state index in [1.807, 2.05) is 18.2 Å². The second-order valence-electron chi connectivity index (χ2n) is 8.14. The second-order valence-corrected chi connectivity index (χ2v) is 8.55. The van der Waals surface area contributed by atoms with E-state index in [-0.39, 0.29) is 5.75 Å². The molecule has 0 aliphatic carbocycles. The first-order valence-electron chi connectivity index (χ1n) is 10.0. The minimum Gasteiger partial charge on any atom is -0.508 e. The summed E-state index contributed by atoms with van der Waals surface area (Å²) in [4.78, 5) is 12.9. The number of benzene rings is 2. The summed E-state index contributed by atoms with van der Waals surface area (Å²) in [6.07, 6.45) is 4.84. The molecule has 3 N–H and O–H groups in total. The van der Waals surface area contributed by atoms with E-state index in [2.05, 4.69) is 20.3 Å². The number of hydrogen-bond donors (Lipinski definition) is 3. The van der Waals surface area contributed by atoms with Crippen molar-refractivity contribution in [3.05, 3.63) is 77.2 Å². The van der Waals surface area contributed by atoms with Crippen molar-refractivity contribution in [1.29, 1.82) is 0 Å². The number of nitrogens with zero attached hydrogens (tertiary/aromatic N) is 3. The molecule has 0 bridgehead atoms. The molecule has 2 aromatic heterocycles. The maximum absolute atomic E-state index is 14.3. The lowest BCUT2D eigenvalue weighted by Crippen LogP contribution is -2.19. The molecular formula is C24H22ClFN4O2. The van der Waals surface area contributed by atoms with Gasteiger partial charge in [-0.05, 0) is 56.7 Å². The molecule has 164 valence electrons. The second kappa shape index (κ2) is 8.33. The molecule has 0 aliphatic heterocycles. The van der Waals surface area contributed by atoms with Gasteiger partial charge in [0.1, 0.15) is 17.2 Å². The molecule has 0 saturated carbocycles. The Morgan fingerprint density at radius 1 is 1.00 bits per heavy atom. The van der Waals surface area contributed by atoms with Crippen molar-refractivity contribution in [2.24, 2.45) is 0 Å². The summed E-state index contributed by atoms with van der Waals surface area (Å²) in [5.74, 6) is -0.115. The predicted octanol–water partition coefficient (Wildman–Crippen LogP) is 5.59. The van der Waals surface area contributed by atoms with Crippen LogP contribution in [0, 0.1) is 5.82 Å². The lowest BCUT2D eigenvalue weighted by molar-refractivity contribution is 0.0687. The van der Waals surface area contributed by atoms with E-state index < -0.39 is 17.5 Å². The van der Waals surface area contributed by atoms with Crippen molar-refractivity contribution < 1.29 is 14.6 Å². The van der Waals surface area contributed by atoms with Crippen LogP contribution in [0.1, 0.15) is 38.2 Å². The number of aliphatic hydroxyl groups is 1. The van der Waals surface area contributed by atoms with Crippen LogP contribution in [0.15, 0.2) is 55.0 Å². The quantitative estimate of drug-likeness (QED) is 0.365. The highest BCUT2D eigenvalue weighted by molar-refractivity contribution is 6.34. The SMILES string of the molecule is CC(Nc1c(Cl)cnc2ccc(-c3cnc(C(C)(C)O)nc3)cc12)c1cc(O)ccc1F. The van der Waals surface area contributed by atoms with Gasteiger partial charge in [0, 0.05) is 35.1 Å². The normalized spacial score (nSPS) is 12.7. The third-order valence-electron chi connectivity index (χ3n) is 5.16. The third-order valence-corrected chi connectivity index (χ3v) is 5.45. The topological polar surface area (TPSA) is 91.2 Å². The van der Waals surface area contributed by atoms with Crippen molar-refractivity contribution in [3.8, 4) is 16.9 Å². The molecule has 1 unspecified atom stereocenters. The number of rotatable bonds is 5. The Morgan fingerprint density at radius 3 is 2.41 bits per heavy atom. The molecule has 0 spiro atoms. The molecule has 2 aromatic carbocycles. The Balaban J connectivity index is 1.75. The van der Waals surface area contributed by atoms with E-state index in [0.29, 0.717) is 27.6 Å². The fraction of sp³-hybridized carbons (Fsp3) is 0.208. The maximum Gasteiger partial charge on any atom is 0.159 e. The molecule has 32 heavy (non-hydrogen) atoms. The zero-order valence-corrected chi connectivity index (χ0v) is 18.5. The molecule has 0 radical (unpaired) electrons. The number of aromatic hydroxyl groups is 1. The van der Waals surface area contributed by atoms with E-state index in [4.69, 9.17) is 11.6 Å². The van der Waals surface area contributed by atoms with Gasteiger partial charge in [0.15, 0.2) is 5.82 Å². The van der Waals surface area contributed by atoms with Crippen LogP contribution in [-0.2, 0) is 5.60 Å². The first-order chi connectivity index (χ1) is 15.1. The van der Waals surface area contributed by atoms with Gasteiger partial charge in [0.2, 0.25) is 0 Å². The van der Waals surface area contributed by atoms with E-state index in [9.17, 15) is 14.6 Å². The summed E-state index contributed by atoms with van der Waals surface area (Å²) in [6.45, 7) is 5.04. The van der Waals surface area contributed by atoms with Crippen molar-refractivity contribution in [2.45, 2.75) is 32.4 Å². The highest BCUT2D eigenvalue weighted by atomic mass is 35.5. The summed E-state index contributed by atoms with van der Waals surface area (Å²) in [6, 6.07) is 9.11.